The van der Waals surface area contributed by atoms with Crippen LogP contribution < -0.4 is 0 Å². The predicted molar refractivity (Wildman–Crippen MR) is 40.6 cm³/mol. The van der Waals surface area contributed by atoms with E-state index in [4.69, 9.17) is 12.8 Å². The number of rotatable bonds is 0. The number of hydrogen-bond donors (Lipinski definition) is 0. The maximum atomic E-state index is 6.77. The molecule has 0 atom stereocenters. The molecule has 1 rings (SSSR count). The third-order valence-electron chi connectivity index (χ3n) is 1.20. The van der Waals surface area contributed by atoms with Gasteiger partial charge in [-0.15, -0.1) is 24.1 Å². The van der Waals surface area contributed by atoms with Crippen LogP contribution in [-0.4, -0.2) is 0 Å². The van der Waals surface area contributed by atoms with E-state index >= 15 is 0 Å². The molecular formula is C10H5Cu. The SMILES string of the molecule is [C-]#Cc1ccc(C#C)cc1.[Cu+]. The Bertz CT molecular complexity index is 262. The molecule has 0 aliphatic heterocycles. The molecule has 0 bridgehead atoms. The molecular weight excluding hydrogens is 184 g/mol. The third-order valence-corrected chi connectivity index (χ3v) is 1.20. The van der Waals surface area contributed by atoms with Crippen LogP contribution in [-0.2, 0) is 17.1 Å². The van der Waals surface area contributed by atoms with Crippen molar-refractivity contribution >= 4 is 0 Å². The second kappa shape index (κ2) is 4.64. The third kappa shape index (κ3) is 2.52. The fourth-order valence-electron chi connectivity index (χ4n) is 0.650. The van der Waals surface area contributed by atoms with E-state index in [1.807, 2.05) is 0 Å². The smallest absolute Gasteiger partial charge is 0.366 e. The minimum atomic E-state index is 0. The second-order valence-corrected chi connectivity index (χ2v) is 1.85. The van der Waals surface area contributed by atoms with Crippen molar-refractivity contribution in [2.45, 2.75) is 0 Å². The molecule has 0 saturated heterocycles. The van der Waals surface area contributed by atoms with Gasteiger partial charge in [0.1, 0.15) is 0 Å². The Morgan fingerprint density at radius 3 is 1.91 bits per heavy atom. The quantitative estimate of drug-likeness (QED) is 0.330. The molecule has 0 radical (unpaired) electrons. The molecule has 0 spiro atoms. The first-order valence-corrected chi connectivity index (χ1v) is 2.86. The zero-order valence-corrected chi connectivity index (χ0v) is 6.63. The van der Waals surface area contributed by atoms with E-state index in [1.54, 1.807) is 24.3 Å². The Hall–Kier alpha value is -1.14. The Kier molecular flexibility index (Phi) is 4.16. The molecule has 0 aliphatic carbocycles. The predicted octanol–water partition coefficient (Wildman–Crippen LogP) is 1.60. The first-order valence-electron chi connectivity index (χ1n) is 2.86. The Morgan fingerprint density at radius 1 is 1.09 bits per heavy atom. The summed E-state index contributed by atoms with van der Waals surface area (Å²) in [5, 5.41) is 0. The van der Waals surface area contributed by atoms with Gasteiger partial charge in [0.05, 0.1) is 0 Å². The Balaban J connectivity index is 0.000001000. The van der Waals surface area contributed by atoms with Crippen LogP contribution in [0.2, 0.25) is 0 Å². The number of hydrogen-bond acceptors (Lipinski definition) is 0. The molecule has 1 aromatic rings. The molecule has 0 nitrogen and oxygen atoms in total. The largest absolute Gasteiger partial charge is 1.00 e. The van der Waals surface area contributed by atoms with Gasteiger partial charge < -0.3 is 6.42 Å². The summed E-state index contributed by atoms with van der Waals surface area (Å²) in [5.74, 6) is 4.75. The minimum Gasteiger partial charge on any atom is -0.366 e. The molecule has 11 heavy (non-hydrogen) atoms. The van der Waals surface area contributed by atoms with E-state index in [-0.39, 0.29) is 17.1 Å². The summed E-state index contributed by atoms with van der Waals surface area (Å²) in [7, 11) is 0. The molecule has 0 saturated carbocycles. The van der Waals surface area contributed by atoms with Gasteiger partial charge in [-0.25, -0.2) is 0 Å². The van der Waals surface area contributed by atoms with Crippen LogP contribution in [0.25, 0.3) is 0 Å². The van der Waals surface area contributed by atoms with Crippen molar-refractivity contribution < 1.29 is 17.1 Å². The maximum Gasteiger partial charge on any atom is 1.00 e. The number of benzene rings is 1. The van der Waals surface area contributed by atoms with Crippen molar-refractivity contribution in [1.82, 2.24) is 0 Å². The van der Waals surface area contributed by atoms with Crippen molar-refractivity contribution in [2.75, 3.05) is 0 Å². The molecule has 0 amide bonds. The Morgan fingerprint density at radius 2 is 1.55 bits per heavy atom. The van der Waals surface area contributed by atoms with Gasteiger partial charge in [0.25, 0.3) is 0 Å². The summed E-state index contributed by atoms with van der Waals surface area (Å²) in [5.41, 5.74) is 1.58. The molecule has 1 heteroatoms. The standard InChI is InChI=1S/C10H5.Cu/c1-3-9-5-7-10(4-2)8-6-9;/h1,5-8H;/q-1;+1. The van der Waals surface area contributed by atoms with Gasteiger partial charge in [0, 0.05) is 5.56 Å². The van der Waals surface area contributed by atoms with Crippen LogP contribution in [0.5, 0.6) is 0 Å². The van der Waals surface area contributed by atoms with Crippen LogP contribution in [0.1, 0.15) is 11.1 Å². The van der Waals surface area contributed by atoms with Crippen molar-refractivity contribution in [1.29, 1.82) is 0 Å². The summed E-state index contributed by atoms with van der Waals surface area (Å²) in [6.45, 7) is 0. The van der Waals surface area contributed by atoms with Crippen molar-refractivity contribution in [2.24, 2.45) is 0 Å². The van der Waals surface area contributed by atoms with Crippen molar-refractivity contribution in [3.8, 4) is 18.3 Å². The van der Waals surface area contributed by atoms with Crippen molar-refractivity contribution in [3.63, 3.8) is 0 Å². The van der Waals surface area contributed by atoms with Crippen molar-refractivity contribution in [3.05, 3.63) is 41.8 Å². The Labute approximate surface area is 77.5 Å². The van der Waals surface area contributed by atoms with Gasteiger partial charge >= 0.3 is 17.1 Å². The fourth-order valence-corrected chi connectivity index (χ4v) is 0.650. The van der Waals surface area contributed by atoms with Gasteiger partial charge in [0.15, 0.2) is 0 Å². The van der Waals surface area contributed by atoms with Crippen LogP contribution in [0.15, 0.2) is 24.3 Å². The van der Waals surface area contributed by atoms with Gasteiger partial charge in [-0.05, 0) is 0 Å². The fraction of sp³-hybridized carbons (Fsp3) is 0. The molecule has 0 aromatic heterocycles. The van der Waals surface area contributed by atoms with E-state index in [0.717, 1.165) is 11.1 Å². The molecule has 56 valence electrons. The monoisotopic (exact) mass is 188 g/mol. The summed E-state index contributed by atoms with van der Waals surface area (Å²) >= 11 is 0. The van der Waals surface area contributed by atoms with Gasteiger partial charge in [-0.1, -0.05) is 18.1 Å². The van der Waals surface area contributed by atoms with E-state index < -0.39 is 0 Å². The van der Waals surface area contributed by atoms with E-state index in [1.165, 1.54) is 0 Å². The summed E-state index contributed by atoms with van der Waals surface area (Å²) in [6, 6.07) is 7.11. The number of terminal acetylenes is 1. The van der Waals surface area contributed by atoms with E-state index in [9.17, 15) is 0 Å². The zero-order chi connectivity index (χ0) is 7.40. The maximum absolute atomic E-state index is 6.77. The molecule has 0 heterocycles. The molecule has 0 fully saturated rings. The molecule has 1 aromatic carbocycles. The summed E-state index contributed by atoms with van der Waals surface area (Å²) in [6.07, 6.45) is 11.9. The van der Waals surface area contributed by atoms with Crippen LogP contribution >= 0.6 is 0 Å². The van der Waals surface area contributed by atoms with Crippen LogP contribution in [0.4, 0.5) is 0 Å². The zero-order valence-electron chi connectivity index (χ0n) is 5.69. The van der Waals surface area contributed by atoms with Crippen LogP contribution in [0, 0.1) is 24.7 Å². The first kappa shape index (κ1) is 9.86. The minimum absolute atomic E-state index is 0. The van der Waals surface area contributed by atoms with Crippen LogP contribution in [0.3, 0.4) is 0 Å². The van der Waals surface area contributed by atoms with Gasteiger partial charge in [0.2, 0.25) is 0 Å². The van der Waals surface area contributed by atoms with Gasteiger partial charge in [-0.3, -0.25) is 5.92 Å². The normalized spacial score (nSPS) is 7.09. The van der Waals surface area contributed by atoms with Gasteiger partial charge in [-0.2, -0.15) is 0 Å². The summed E-state index contributed by atoms with van der Waals surface area (Å²) in [4.78, 5) is 0. The molecule has 0 aliphatic rings. The molecule has 0 unspecified atom stereocenters. The second-order valence-electron chi connectivity index (χ2n) is 1.85. The average Bonchev–Trinajstić information content (AvgIpc) is 2.05. The average molecular weight is 189 g/mol. The topological polar surface area (TPSA) is 0 Å². The summed E-state index contributed by atoms with van der Waals surface area (Å²) < 4.78 is 0. The molecule has 0 N–H and O–H groups in total. The van der Waals surface area contributed by atoms with E-state index in [0.29, 0.717) is 0 Å². The van der Waals surface area contributed by atoms with E-state index in [2.05, 4.69) is 11.8 Å². The first-order chi connectivity index (χ1) is 4.86.